The molecule has 0 amide bonds. The minimum absolute atomic E-state index is 0.131. The van der Waals surface area contributed by atoms with Crippen molar-refractivity contribution in [1.82, 2.24) is 14.8 Å². The van der Waals surface area contributed by atoms with E-state index in [0.717, 1.165) is 23.0 Å². The largest absolute Gasteiger partial charge is 0.496 e. The highest BCUT2D eigenvalue weighted by atomic mass is 16.5. The molecule has 0 aliphatic carbocycles. The topological polar surface area (TPSA) is 66.0 Å². The van der Waals surface area contributed by atoms with E-state index >= 15 is 0 Å². The predicted molar refractivity (Wildman–Crippen MR) is 92.6 cm³/mol. The molecule has 0 saturated carbocycles. The Kier molecular flexibility index (Phi) is 5.09. The standard InChI is InChI=1S/C18H28N4O/c1-12(2)16(19)17-20-15(21-22(17)18(3,4)5)11-13-9-7-8-10-14(13)23-6/h7-10,12,16H,11,19H2,1-6H3. The minimum atomic E-state index is -0.159. The summed E-state index contributed by atoms with van der Waals surface area (Å²) in [7, 11) is 1.68. The van der Waals surface area contributed by atoms with E-state index in [-0.39, 0.29) is 11.6 Å². The number of hydrogen-bond acceptors (Lipinski definition) is 4. The maximum Gasteiger partial charge on any atom is 0.155 e. The first kappa shape index (κ1) is 17.5. The lowest BCUT2D eigenvalue weighted by atomic mass is 10.0. The Morgan fingerprint density at radius 3 is 2.43 bits per heavy atom. The van der Waals surface area contributed by atoms with Gasteiger partial charge in [-0.15, -0.1) is 0 Å². The summed E-state index contributed by atoms with van der Waals surface area (Å²) in [6.45, 7) is 10.6. The molecule has 2 N–H and O–H groups in total. The molecular formula is C18H28N4O. The van der Waals surface area contributed by atoms with Crippen molar-refractivity contribution in [3.05, 3.63) is 41.5 Å². The van der Waals surface area contributed by atoms with Crippen LogP contribution in [0.5, 0.6) is 5.75 Å². The lowest BCUT2D eigenvalue weighted by molar-refractivity contribution is 0.319. The van der Waals surface area contributed by atoms with Gasteiger partial charge in [0.25, 0.3) is 0 Å². The molecule has 0 bridgehead atoms. The summed E-state index contributed by atoms with van der Waals surface area (Å²) in [5, 5.41) is 4.73. The van der Waals surface area contributed by atoms with Gasteiger partial charge >= 0.3 is 0 Å². The lowest BCUT2D eigenvalue weighted by Gasteiger charge is -2.24. The summed E-state index contributed by atoms with van der Waals surface area (Å²) in [5.74, 6) is 2.78. The van der Waals surface area contributed by atoms with Crippen LogP contribution in [-0.2, 0) is 12.0 Å². The Morgan fingerprint density at radius 1 is 1.22 bits per heavy atom. The molecule has 0 aliphatic rings. The van der Waals surface area contributed by atoms with Crippen LogP contribution >= 0.6 is 0 Å². The predicted octanol–water partition coefficient (Wildman–Crippen LogP) is 3.29. The number of nitrogens with zero attached hydrogens (tertiary/aromatic N) is 3. The number of ether oxygens (including phenoxy) is 1. The summed E-state index contributed by atoms with van der Waals surface area (Å²) in [6, 6.07) is 7.83. The van der Waals surface area contributed by atoms with E-state index in [4.69, 9.17) is 20.6 Å². The van der Waals surface area contributed by atoms with Gasteiger partial charge in [0, 0.05) is 12.0 Å². The van der Waals surface area contributed by atoms with E-state index in [1.54, 1.807) is 7.11 Å². The number of methoxy groups -OCH3 is 1. The van der Waals surface area contributed by atoms with Crippen LogP contribution in [0, 0.1) is 5.92 Å². The summed E-state index contributed by atoms with van der Waals surface area (Å²) in [6.07, 6.45) is 0.630. The first-order valence-corrected chi connectivity index (χ1v) is 8.07. The zero-order valence-corrected chi connectivity index (χ0v) is 15.0. The van der Waals surface area contributed by atoms with E-state index in [2.05, 4.69) is 34.6 Å². The molecule has 23 heavy (non-hydrogen) atoms. The number of hydrogen-bond donors (Lipinski definition) is 1. The number of nitrogens with two attached hydrogens (primary N) is 1. The van der Waals surface area contributed by atoms with Gasteiger partial charge in [0.05, 0.1) is 18.7 Å². The van der Waals surface area contributed by atoms with Gasteiger partial charge in [-0.1, -0.05) is 32.0 Å². The Labute approximate surface area is 138 Å². The Hall–Kier alpha value is -1.88. The highest BCUT2D eigenvalue weighted by Gasteiger charge is 2.26. The zero-order chi connectivity index (χ0) is 17.2. The second kappa shape index (κ2) is 6.71. The molecule has 1 unspecified atom stereocenters. The third-order valence-corrected chi connectivity index (χ3v) is 3.87. The molecule has 1 heterocycles. The first-order valence-electron chi connectivity index (χ1n) is 8.07. The normalized spacial score (nSPS) is 13.4. The average molecular weight is 316 g/mol. The first-order chi connectivity index (χ1) is 10.7. The second-order valence-corrected chi connectivity index (χ2v) is 7.23. The van der Waals surface area contributed by atoms with Crippen LogP contribution in [0.3, 0.4) is 0 Å². The van der Waals surface area contributed by atoms with Gasteiger partial charge in [0.15, 0.2) is 5.82 Å². The molecule has 0 fully saturated rings. The maximum absolute atomic E-state index is 6.35. The second-order valence-electron chi connectivity index (χ2n) is 7.23. The van der Waals surface area contributed by atoms with Gasteiger partial charge in [0.2, 0.25) is 0 Å². The van der Waals surface area contributed by atoms with Crippen LogP contribution in [0.4, 0.5) is 0 Å². The minimum Gasteiger partial charge on any atom is -0.496 e. The van der Waals surface area contributed by atoms with Crippen molar-refractivity contribution >= 4 is 0 Å². The molecule has 1 aromatic heterocycles. The van der Waals surface area contributed by atoms with Crippen LogP contribution in [0.2, 0.25) is 0 Å². The van der Waals surface area contributed by atoms with Gasteiger partial charge in [-0.25, -0.2) is 9.67 Å². The van der Waals surface area contributed by atoms with Gasteiger partial charge < -0.3 is 10.5 Å². The SMILES string of the molecule is COc1ccccc1Cc1nc(C(N)C(C)C)n(C(C)(C)C)n1. The third-order valence-electron chi connectivity index (χ3n) is 3.87. The number of aromatic nitrogens is 3. The summed E-state index contributed by atoms with van der Waals surface area (Å²) in [4.78, 5) is 4.74. The fraction of sp³-hybridized carbons (Fsp3) is 0.556. The van der Waals surface area contributed by atoms with E-state index in [1.165, 1.54) is 0 Å². The van der Waals surface area contributed by atoms with Crippen LogP contribution in [0.25, 0.3) is 0 Å². The molecule has 0 saturated heterocycles. The van der Waals surface area contributed by atoms with E-state index in [1.807, 2.05) is 28.9 Å². The van der Waals surface area contributed by atoms with Crippen molar-refractivity contribution in [2.24, 2.45) is 11.7 Å². The summed E-state index contributed by atoms with van der Waals surface area (Å²) < 4.78 is 7.38. The van der Waals surface area contributed by atoms with Crippen LogP contribution in [0.1, 0.15) is 57.9 Å². The highest BCUT2D eigenvalue weighted by Crippen LogP contribution is 2.25. The Morgan fingerprint density at radius 2 is 1.87 bits per heavy atom. The third kappa shape index (κ3) is 3.91. The molecular weight excluding hydrogens is 288 g/mol. The molecule has 126 valence electrons. The number of para-hydroxylation sites is 1. The number of rotatable bonds is 5. The molecule has 1 atom stereocenters. The van der Waals surface area contributed by atoms with Crippen molar-refractivity contribution in [2.45, 2.75) is 52.6 Å². The fourth-order valence-electron chi connectivity index (χ4n) is 2.47. The molecule has 5 nitrogen and oxygen atoms in total. The van der Waals surface area contributed by atoms with Crippen LogP contribution in [-0.4, -0.2) is 21.9 Å². The fourth-order valence-corrected chi connectivity index (χ4v) is 2.47. The van der Waals surface area contributed by atoms with E-state index in [9.17, 15) is 0 Å². The smallest absolute Gasteiger partial charge is 0.155 e. The Balaban J connectivity index is 2.41. The van der Waals surface area contributed by atoms with Crippen molar-refractivity contribution in [2.75, 3.05) is 7.11 Å². The zero-order valence-electron chi connectivity index (χ0n) is 15.0. The lowest BCUT2D eigenvalue weighted by Crippen LogP contribution is -2.30. The van der Waals surface area contributed by atoms with Gasteiger partial charge in [0.1, 0.15) is 11.6 Å². The molecule has 2 aromatic rings. The maximum atomic E-state index is 6.35. The molecule has 0 radical (unpaired) electrons. The van der Waals surface area contributed by atoms with E-state index < -0.39 is 0 Å². The molecule has 2 rings (SSSR count). The monoisotopic (exact) mass is 316 g/mol. The molecule has 0 spiro atoms. The van der Waals surface area contributed by atoms with Crippen molar-refractivity contribution in [3.63, 3.8) is 0 Å². The molecule has 5 heteroatoms. The van der Waals surface area contributed by atoms with Crippen molar-refractivity contribution in [1.29, 1.82) is 0 Å². The van der Waals surface area contributed by atoms with Gasteiger partial charge in [-0.3, -0.25) is 0 Å². The van der Waals surface area contributed by atoms with Gasteiger partial charge in [-0.05, 0) is 32.8 Å². The van der Waals surface area contributed by atoms with Crippen molar-refractivity contribution < 1.29 is 4.74 Å². The van der Waals surface area contributed by atoms with Crippen LogP contribution < -0.4 is 10.5 Å². The molecule has 1 aromatic carbocycles. The summed E-state index contributed by atoms with van der Waals surface area (Å²) >= 11 is 0. The van der Waals surface area contributed by atoms with Crippen LogP contribution in [0.15, 0.2) is 24.3 Å². The number of benzene rings is 1. The summed E-state index contributed by atoms with van der Waals surface area (Å²) in [5.41, 5.74) is 7.27. The quantitative estimate of drug-likeness (QED) is 0.919. The molecule has 0 aliphatic heterocycles. The highest BCUT2D eigenvalue weighted by molar-refractivity contribution is 5.35. The van der Waals surface area contributed by atoms with E-state index in [0.29, 0.717) is 12.3 Å². The average Bonchev–Trinajstić information content (AvgIpc) is 2.91. The van der Waals surface area contributed by atoms with Crippen molar-refractivity contribution in [3.8, 4) is 5.75 Å². The Bertz CT molecular complexity index is 655. The van der Waals surface area contributed by atoms with Gasteiger partial charge in [-0.2, -0.15) is 5.10 Å².